The van der Waals surface area contributed by atoms with Crippen molar-refractivity contribution in [3.8, 4) is 5.69 Å². The molecule has 0 atom stereocenters. The molecule has 0 saturated heterocycles. The number of hydrogen-bond acceptors (Lipinski definition) is 4. The molecule has 0 bridgehead atoms. The third-order valence-electron chi connectivity index (χ3n) is 4.14. The summed E-state index contributed by atoms with van der Waals surface area (Å²) in [6, 6.07) is 16.9. The van der Waals surface area contributed by atoms with Gasteiger partial charge < -0.3 is 5.32 Å². The summed E-state index contributed by atoms with van der Waals surface area (Å²) in [6.07, 6.45) is 0.0799. The number of benzene rings is 2. The highest BCUT2D eigenvalue weighted by Crippen LogP contribution is 2.27. The van der Waals surface area contributed by atoms with Gasteiger partial charge in [0, 0.05) is 11.6 Å². The lowest BCUT2D eigenvalue weighted by molar-refractivity contribution is -0.119. The van der Waals surface area contributed by atoms with Crippen molar-refractivity contribution in [3.63, 3.8) is 0 Å². The lowest BCUT2D eigenvalue weighted by Crippen LogP contribution is -2.37. The maximum absolute atomic E-state index is 12.4. The van der Waals surface area contributed by atoms with Crippen LogP contribution >= 0.6 is 11.6 Å². The van der Waals surface area contributed by atoms with Crippen LogP contribution in [0.2, 0.25) is 5.02 Å². The molecule has 0 spiro atoms. The van der Waals surface area contributed by atoms with Crippen LogP contribution < -0.4 is 10.6 Å². The number of fused-ring (bicyclic) bond motifs is 1. The summed E-state index contributed by atoms with van der Waals surface area (Å²) in [6.45, 7) is 0.489. The number of aromatic nitrogens is 2. The van der Waals surface area contributed by atoms with E-state index in [0.717, 1.165) is 11.3 Å². The monoisotopic (exact) mass is 366 g/mol. The Bertz CT molecular complexity index is 981. The van der Waals surface area contributed by atoms with E-state index in [1.807, 2.05) is 54.6 Å². The smallest absolute Gasteiger partial charge is 0.263 e. The average Bonchev–Trinajstić information content (AvgIpc) is 3.00. The van der Waals surface area contributed by atoms with Gasteiger partial charge in [0.1, 0.15) is 11.4 Å². The van der Waals surface area contributed by atoms with Gasteiger partial charge in [0.05, 0.1) is 17.8 Å². The fourth-order valence-electron chi connectivity index (χ4n) is 2.92. The zero-order valence-corrected chi connectivity index (χ0v) is 14.5. The van der Waals surface area contributed by atoms with Crippen molar-refractivity contribution in [3.05, 3.63) is 76.4 Å². The molecule has 1 aromatic heterocycles. The summed E-state index contributed by atoms with van der Waals surface area (Å²) in [5.41, 5.74) is 2.70. The predicted molar refractivity (Wildman–Crippen MR) is 98.5 cm³/mol. The van der Waals surface area contributed by atoms with E-state index in [1.54, 1.807) is 4.68 Å². The number of carbonyl (C=O) groups excluding carboxylic acids is 2. The number of rotatable bonds is 4. The van der Waals surface area contributed by atoms with E-state index >= 15 is 0 Å². The molecule has 2 N–H and O–H groups in total. The molecule has 26 heavy (non-hydrogen) atoms. The largest absolute Gasteiger partial charge is 0.365 e. The lowest BCUT2D eigenvalue weighted by Gasteiger charge is -2.14. The quantitative estimate of drug-likeness (QED) is 0.696. The highest BCUT2D eigenvalue weighted by atomic mass is 35.5. The van der Waals surface area contributed by atoms with Crippen molar-refractivity contribution in [2.45, 2.75) is 13.0 Å². The second-order valence-electron chi connectivity index (χ2n) is 5.95. The number of imide groups is 1. The molecule has 1 aliphatic rings. The second-order valence-corrected chi connectivity index (χ2v) is 6.39. The molecule has 0 unspecified atom stereocenters. The minimum atomic E-state index is -0.433. The van der Waals surface area contributed by atoms with Crippen LogP contribution in [0, 0.1) is 0 Å². The predicted octanol–water partition coefficient (Wildman–Crippen LogP) is 2.95. The van der Waals surface area contributed by atoms with E-state index in [1.165, 1.54) is 0 Å². The van der Waals surface area contributed by atoms with Crippen LogP contribution in [0.3, 0.4) is 0 Å². The van der Waals surface area contributed by atoms with Gasteiger partial charge in [-0.05, 0) is 29.8 Å². The van der Waals surface area contributed by atoms with Gasteiger partial charge >= 0.3 is 0 Å². The van der Waals surface area contributed by atoms with Crippen molar-refractivity contribution in [1.29, 1.82) is 0 Å². The first-order valence-electron chi connectivity index (χ1n) is 8.11. The number of nitrogens with zero attached hydrogens (tertiary/aromatic N) is 2. The molecule has 2 aromatic carbocycles. The first-order valence-corrected chi connectivity index (χ1v) is 8.49. The summed E-state index contributed by atoms with van der Waals surface area (Å²) in [7, 11) is 0. The van der Waals surface area contributed by atoms with Crippen molar-refractivity contribution >= 4 is 29.2 Å². The summed E-state index contributed by atoms with van der Waals surface area (Å²) < 4.78 is 1.67. The molecule has 0 aliphatic carbocycles. The Kier molecular flexibility index (Phi) is 4.18. The van der Waals surface area contributed by atoms with Crippen LogP contribution in [-0.2, 0) is 17.8 Å². The Morgan fingerprint density at radius 1 is 1.08 bits per heavy atom. The topological polar surface area (TPSA) is 76.0 Å². The van der Waals surface area contributed by atoms with Gasteiger partial charge in [-0.25, -0.2) is 4.68 Å². The number of hydrogen-bond donors (Lipinski definition) is 2. The van der Waals surface area contributed by atoms with Gasteiger partial charge in [-0.3, -0.25) is 14.9 Å². The van der Waals surface area contributed by atoms with Gasteiger partial charge in [-0.15, -0.1) is 0 Å². The molecule has 2 amide bonds. The van der Waals surface area contributed by atoms with Gasteiger partial charge in [-0.1, -0.05) is 41.9 Å². The molecule has 2 heterocycles. The maximum atomic E-state index is 12.4. The zero-order chi connectivity index (χ0) is 18.1. The average molecular weight is 367 g/mol. The summed E-state index contributed by atoms with van der Waals surface area (Å²) in [5, 5.41) is 10.8. The molecular formula is C19H15ClN4O2. The molecule has 4 rings (SSSR count). The molecule has 6 nitrogen and oxygen atoms in total. The fraction of sp³-hybridized carbons (Fsp3) is 0.105. The number of anilines is 1. The molecule has 130 valence electrons. The SMILES string of the molecule is O=C1Cc2nn(-c3ccccc3)c(NCc3ccc(Cl)cc3)c2C(=O)N1. The van der Waals surface area contributed by atoms with E-state index < -0.39 is 5.91 Å². The molecular weight excluding hydrogens is 352 g/mol. The van der Waals surface area contributed by atoms with Crippen molar-refractivity contribution in [2.24, 2.45) is 0 Å². The van der Waals surface area contributed by atoms with E-state index in [0.29, 0.717) is 28.6 Å². The van der Waals surface area contributed by atoms with E-state index in [9.17, 15) is 9.59 Å². The Morgan fingerprint density at radius 3 is 2.54 bits per heavy atom. The first kappa shape index (κ1) is 16.4. The summed E-state index contributed by atoms with van der Waals surface area (Å²) in [5.74, 6) is -0.215. The van der Waals surface area contributed by atoms with Crippen molar-refractivity contribution in [1.82, 2.24) is 15.1 Å². The van der Waals surface area contributed by atoms with Crippen molar-refractivity contribution in [2.75, 3.05) is 5.32 Å². The van der Waals surface area contributed by atoms with Crippen LogP contribution in [0.5, 0.6) is 0 Å². The normalized spacial score (nSPS) is 13.3. The highest BCUT2D eigenvalue weighted by molar-refractivity contribution is 6.30. The molecule has 0 saturated carbocycles. The van der Waals surface area contributed by atoms with E-state index in [4.69, 9.17) is 11.6 Å². The second kappa shape index (κ2) is 6.65. The van der Waals surface area contributed by atoms with Gasteiger partial charge in [0.15, 0.2) is 0 Å². The van der Waals surface area contributed by atoms with Gasteiger partial charge in [0.25, 0.3) is 5.91 Å². The fourth-order valence-corrected chi connectivity index (χ4v) is 3.04. The standard InChI is InChI=1S/C19H15ClN4O2/c20-13-8-6-12(7-9-13)11-21-18-17-15(10-16(25)22-19(17)26)23-24(18)14-4-2-1-3-5-14/h1-9,21H,10-11H2,(H,22,25,26). The number of para-hydroxylation sites is 1. The highest BCUT2D eigenvalue weighted by Gasteiger charge is 2.31. The maximum Gasteiger partial charge on any atom is 0.263 e. The molecule has 0 radical (unpaired) electrons. The van der Waals surface area contributed by atoms with Crippen LogP contribution in [0.4, 0.5) is 5.82 Å². The minimum absolute atomic E-state index is 0.0799. The molecule has 7 heteroatoms. The Labute approximate surface area is 154 Å². The van der Waals surface area contributed by atoms with Gasteiger partial charge in [-0.2, -0.15) is 5.10 Å². The number of halogens is 1. The van der Waals surface area contributed by atoms with E-state index in [-0.39, 0.29) is 12.3 Å². The molecule has 3 aromatic rings. The molecule has 1 aliphatic heterocycles. The Balaban J connectivity index is 1.74. The summed E-state index contributed by atoms with van der Waals surface area (Å²) >= 11 is 5.92. The summed E-state index contributed by atoms with van der Waals surface area (Å²) in [4.78, 5) is 24.1. The third kappa shape index (κ3) is 3.07. The Hall–Kier alpha value is -3.12. The van der Waals surface area contributed by atoms with Crippen LogP contribution in [0.1, 0.15) is 21.6 Å². The number of nitrogens with one attached hydrogen (secondary N) is 2. The van der Waals surface area contributed by atoms with Crippen molar-refractivity contribution < 1.29 is 9.59 Å². The van der Waals surface area contributed by atoms with Crippen LogP contribution in [-0.4, -0.2) is 21.6 Å². The number of amides is 2. The zero-order valence-electron chi connectivity index (χ0n) is 13.7. The Morgan fingerprint density at radius 2 is 1.81 bits per heavy atom. The van der Waals surface area contributed by atoms with Crippen LogP contribution in [0.25, 0.3) is 5.69 Å². The van der Waals surface area contributed by atoms with Crippen LogP contribution in [0.15, 0.2) is 54.6 Å². The molecule has 0 fully saturated rings. The third-order valence-corrected chi connectivity index (χ3v) is 4.39. The number of carbonyl (C=O) groups is 2. The first-order chi connectivity index (χ1) is 12.6. The van der Waals surface area contributed by atoms with E-state index in [2.05, 4.69) is 15.7 Å². The lowest BCUT2D eigenvalue weighted by atomic mass is 10.1. The minimum Gasteiger partial charge on any atom is -0.365 e. The van der Waals surface area contributed by atoms with Gasteiger partial charge in [0.2, 0.25) is 5.91 Å².